The summed E-state index contributed by atoms with van der Waals surface area (Å²) in [5.74, 6) is -0.315. The first-order valence-corrected chi connectivity index (χ1v) is 10.5. The quantitative estimate of drug-likeness (QED) is 0.664. The molecule has 2 aromatic rings. The van der Waals surface area contributed by atoms with Gasteiger partial charge >= 0.3 is 12.0 Å². The lowest BCUT2D eigenvalue weighted by Crippen LogP contribution is -2.49. The van der Waals surface area contributed by atoms with E-state index in [1.807, 2.05) is 0 Å². The molecule has 0 fully saturated rings. The number of carbonyl (C=O) groups excluding carboxylic acids is 2. The molecule has 0 bridgehead atoms. The van der Waals surface area contributed by atoms with E-state index < -0.39 is 28.1 Å². The summed E-state index contributed by atoms with van der Waals surface area (Å²) in [6.45, 7) is 3.41. The Morgan fingerprint density at radius 3 is 2.59 bits per heavy atom. The fraction of sp³-hybridized carbons (Fsp3) is 0.263. The van der Waals surface area contributed by atoms with Crippen molar-refractivity contribution in [3.05, 3.63) is 47.5 Å². The van der Waals surface area contributed by atoms with Gasteiger partial charge in [0.15, 0.2) is 6.10 Å². The molecule has 0 aliphatic carbocycles. The highest BCUT2D eigenvalue weighted by Gasteiger charge is 2.41. The lowest BCUT2D eigenvalue weighted by atomic mass is 10.2. The Hall–Kier alpha value is -2.78. The van der Waals surface area contributed by atoms with E-state index >= 15 is 0 Å². The summed E-state index contributed by atoms with van der Waals surface area (Å²) in [5, 5.41) is 0.302. The van der Waals surface area contributed by atoms with Crippen molar-refractivity contribution >= 4 is 45.0 Å². The molecule has 1 aliphatic heterocycles. The number of fused-ring (bicyclic) bond motifs is 1. The Kier molecular flexibility index (Phi) is 5.72. The van der Waals surface area contributed by atoms with Gasteiger partial charge in [0.1, 0.15) is 10.6 Å². The molecule has 0 radical (unpaired) electrons. The summed E-state index contributed by atoms with van der Waals surface area (Å²) in [5.41, 5.74) is 0.276. The molecule has 0 spiro atoms. The number of amides is 2. The molecule has 154 valence electrons. The van der Waals surface area contributed by atoms with E-state index in [9.17, 15) is 18.0 Å². The third-order valence-corrected chi connectivity index (χ3v) is 6.23. The average molecular weight is 439 g/mol. The number of anilines is 2. The van der Waals surface area contributed by atoms with Gasteiger partial charge in [0.2, 0.25) is 0 Å². The first kappa shape index (κ1) is 20.9. The Morgan fingerprint density at radius 2 is 1.93 bits per heavy atom. The fourth-order valence-electron chi connectivity index (χ4n) is 2.85. The second-order valence-corrected chi connectivity index (χ2v) is 8.42. The van der Waals surface area contributed by atoms with Crippen molar-refractivity contribution < 1.29 is 27.5 Å². The molecule has 0 aromatic heterocycles. The number of ether oxygens (including phenoxy) is 2. The Labute approximate surface area is 173 Å². The van der Waals surface area contributed by atoms with E-state index in [2.05, 4.69) is 0 Å². The van der Waals surface area contributed by atoms with E-state index in [0.717, 1.165) is 0 Å². The van der Waals surface area contributed by atoms with Crippen LogP contribution < -0.4 is 13.9 Å². The molecule has 0 saturated carbocycles. The Morgan fingerprint density at radius 1 is 1.21 bits per heavy atom. The summed E-state index contributed by atoms with van der Waals surface area (Å²) >= 11 is 5.96. The smallest absolute Gasteiger partial charge is 0.347 e. The van der Waals surface area contributed by atoms with E-state index in [4.69, 9.17) is 21.1 Å². The van der Waals surface area contributed by atoms with Crippen molar-refractivity contribution in [2.24, 2.45) is 0 Å². The zero-order chi connectivity index (χ0) is 21.3. The van der Waals surface area contributed by atoms with Gasteiger partial charge in [-0.25, -0.2) is 18.0 Å². The van der Waals surface area contributed by atoms with Crippen LogP contribution >= 0.6 is 11.6 Å². The molecule has 1 atom stereocenters. The largest absolute Gasteiger partial charge is 0.479 e. The highest BCUT2D eigenvalue weighted by Crippen LogP contribution is 2.39. The molecule has 0 saturated heterocycles. The highest BCUT2D eigenvalue weighted by molar-refractivity contribution is 7.94. The number of nitrogens with zero attached hydrogens (tertiary/aromatic N) is 2. The minimum atomic E-state index is -4.17. The number of carbonyl (C=O) groups is 2. The SMILES string of the molecule is CCOC(=O)[C@@H](C)Oc1ccc2c(c1)N(C)C(=O)N(c1cccc(Cl)c1)S2(=O)=O. The number of esters is 1. The molecule has 29 heavy (non-hydrogen) atoms. The molecule has 1 aliphatic rings. The van der Waals surface area contributed by atoms with Crippen molar-refractivity contribution in [3.63, 3.8) is 0 Å². The molecule has 8 nitrogen and oxygen atoms in total. The Balaban J connectivity index is 2.00. The van der Waals surface area contributed by atoms with Crippen LogP contribution in [-0.2, 0) is 19.6 Å². The highest BCUT2D eigenvalue weighted by atomic mass is 35.5. The monoisotopic (exact) mass is 438 g/mol. The van der Waals surface area contributed by atoms with Crippen LogP contribution in [-0.4, -0.2) is 40.2 Å². The molecule has 10 heteroatoms. The van der Waals surface area contributed by atoms with Crippen LogP contribution in [0, 0.1) is 0 Å². The zero-order valence-electron chi connectivity index (χ0n) is 16.0. The van der Waals surface area contributed by atoms with Crippen LogP contribution in [0.15, 0.2) is 47.4 Å². The summed E-state index contributed by atoms with van der Waals surface area (Å²) in [6, 6.07) is 9.41. The number of hydrogen-bond donors (Lipinski definition) is 0. The van der Waals surface area contributed by atoms with E-state index in [-0.39, 0.29) is 28.6 Å². The van der Waals surface area contributed by atoms with Gasteiger partial charge < -0.3 is 9.47 Å². The molecule has 0 unspecified atom stereocenters. The maximum absolute atomic E-state index is 13.1. The van der Waals surface area contributed by atoms with Crippen molar-refractivity contribution in [2.75, 3.05) is 22.9 Å². The second-order valence-electron chi connectivity index (χ2n) is 6.23. The van der Waals surface area contributed by atoms with Crippen LogP contribution in [0.25, 0.3) is 0 Å². The molecule has 3 rings (SSSR count). The fourth-order valence-corrected chi connectivity index (χ4v) is 4.66. The second kappa shape index (κ2) is 7.92. The van der Waals surface area contributed by atoms with Crippen LogP contribution in [0.1, 0.15) is 13.8 Å². The maximum Gasteiger partial charge on any atom is 0.347 e. The van der Waals surface area contributed by atoms with Crippen LogP contribution in [0.3, 0.4) is 0 Å². The van der Waals surface area contributed by atoms with Crippen molar-refractivity contribution in [1.82, 2.24) is 0 Å². The third kappa shape index (κ3) is 3.88. The summed E-state index contributed by atoms with van der Waals surface area (Å²) in [4.78, 5) is 25.7. The number of benzene rings is 2. The van der Waals surface area contributed by atoms with Crippen molar-refractivity contribution in [2.45, 2.75) is 24.8 Å². The van der Waals surface area contributed by atoms with E-state index in [1.54, 1.807) is 19.1 Å². The summed E-state index contributed by atoms with van der Waals surface area (Å²) in [6.07, 6.45) is -0.892. The molecule has 2 aromatic carbocycles. The first-order chi connectivity index (χ1) is 13.7. The topological polar surface area (TPSA) is 93.2 Å². The molecule has 2 amide bonds. The zero-order valence-corrected chi connectivity index (χ0v) is 17.5. The van der Waals surface area contributed by atoms with Gasteiger partial charge in [0.05, 0.1) is 18.0 Å². The number of sulfonamides is 1. The summed E-state index contributed by atoms with van der Waals surface area (Å²) in [7, 11) is -2.72. The summed E-state index contributed by atoms with van der Waals surface area (Å²) < 4.78 is 37.4. The predicted octanol–water partition coefficient (Wildman–Crippen LogP) is 3.44. The molecular weight excluding hydrogens is 420 g/mol. The van der Waals surface area contributed by atoms with Crippen LogP contribution in [0.2, 0.25) is 5.02 Å². The average Bonchev–Trinajstić information content (AvgIpc) is 2.66. The van der Waals surface area contributed by atoms with Crippen LogP contribution in [0.5, 0.6) is 5.75 Å². The van der Waals surface area contributed by atoms with Gasteiger partial charge in [0, 0.05) is 18.1 Å². The predicted molar refractivity (Wildman–Crippen MR) is 108 cm³/mol. The lowest BCUT2D eigenvalue weighted by molar-refractivity contribution is -0.150. The Bertz CT molecular complexity index is 1070. The van der Waals surface area contributed by atoms with Gasteiger partial charge in [-0.2, -0.15) is 4.31 Å². The van der Waals surface area contributed by atoms with Crippen molar-refractivity contribution in [3.8, 4) is 5.75 Å². The minimum Gasteiger partial charge on any atom is -0.479 e. The maximum atomic E-state index is 13.1. The van der Waals surface area contributed by atoms with E-state index in [1.165, 1.54) is 49.2 Å². The molecular formula is C19H19ClN2O6S. The minimum absolute atomic E-state index is 0.0734. The van der Waals surface area contributed by atoms with Crippen molar-refractivity contribution in [1.29, 1.82) is 0 Å². The van der Waals surface area contributed by atoms with Gasteiger partial charge in [-0.1, -0.05) is 17.7 Å². The first-order valence-electron chi connectivity index (χ1n) is 8.72. The van der Waals surface area contributed by atoms with Gasteiger partial charge in [-0.05, 0) is 44.2 Å². The van der Waals surface area contributed by atoms with E-state index in [0.29, 0.717) is 9.33 Å². The number of hydrogen-bond acceptors (Lipinski definition) is 6. The number of halogens is 1. The van der Waals surface area contributed by atoms with Crippen LogP contribution in [0.4, 0.5) is 16.2 Å². The normalized spacial score (nSPS) is 16.2. The number of urea groups is 1. The van der Waals surface area contributed by atoms with Gasteiger partial charge in [-0.15, -0.1) is 0 Å². The number of rotatable bonds is 5. The van der Waals surface area contributed by atoms with Gasteiger partial charge in [0.25, 0.3) is 10.0 Å². The van der Waals surface area contributed by atoms with Gasteiger partial charge in [-0.3, -0.25) is 4.90 Å². The standard InChI is InChI=1S/C19H19ClN2O6S/c1-4-27-18(23)12(2)28-15-8-9-17-16(11-15)21(3)19(24)22(29(17,25)26)14-7-5-6-13(20)10-14/h5-12H,4H2,1-3H3/t12-/m1/s1. The molecule has 1 heterocycles. The molecule has 0 N–H and O–H groups in total. The third-order valence-electron chi connectivity index (χ3n) is 4.24. The lowest BCUT2D eigenvalue weighted by Gasteiger charge is -2.34.